The summed E-state index contributed by atoms with van der Waals surface area (Å²) in [5.74, 6) is 0. The zero-order valence-corrected chi connectivity index (χ0v) is 12.1. The van der Waals surface area contributed by atoms with Crippen molar-refractivity contribution in [3.8, 4) is 0 Å². The van der Waals surface area contributed by atoms with Gasteiger partial charge in [0.05, 0.1) is 6.10 Å². The maximum Gasteiger partial charge on any atom is 0.0914 e. The van der Waals surface area contributed by atoms with E-state index in [-0.39, 0.29) is 0 Å². The molecule has 0 saturated heterocycles. The van der Waals surface area contributed by atoms with E-state index in [1.165, 1.54) is 5.56 Å². The Morgan fingerprint density at radius 3 is 2.30 bits per heavy atom. The first-order chi connectivity index (χ1) is 9.70. The van der Waals surface area contributed by atoms with Crippen molar-refractivity contribution >= 4 is 5.69 Å². The van der Waals surface area contributed by atoms with Crippen LogP contribution in [0.25, 0.3) is 0 Å². The summed E-state index contributed by atoms with van der Waals surface area (Å²) in [4.78, 5) is 2.20. The van der Waals surface area contributed by atoms with Gasteiger partial charge in [0, 0.05) is 25.8 Å². The Hall–Kier alpha value is -1.84. The summed E-state index contributed by atoms with van der Waals surface area (Å²) in [6.45, 7) is 1.44. The number of hydrogen-bond acceptors (Lipinski definition) is 3. The van der Waals surface area contributed by atoms with E-state index in [1.54, 1.807) is 0 Å². The van der Waals surface area contributed by atoms with Crippen molar-refractivity contribution in [2.75, 3.05) is 25.5 Å². The minimum atomic E-state index is -0.450. The number of hydrogen-bond donors (Lipinski definition) is 2. The first-order valence-corrected chi connectivity index (χ1v) is 6.88. The van der Waals surface area contributed by atoms with E-state index < -0.39 is 6.10 Å². The van der Waals surface area contributed by atoms with E-state index in [9.17, 15) is 5.11 Å². The molecule has 106 valence electrons. The van der Waals surface area contributed by atoms with Crippen molar-refractivity contribution in [2.45, 2.75) is 12.6 Å². The highest BCUT2D eigenvalue weighted by Gasteiger charge is 2.07. The first-order valence-electron chi connectivity index (χ1n) is 6.88. The molecular formula is C17H22N2O. The summed E-state index contributed by atoms with van der Waals surface area (Å²) in [6, 6.07) is 18.5. The Bertz CT molecular complexity index is 510. The molecule has 2 aromatic rings. The Morgan fingerprint density at radius 2 is 1.70 bits per heavy atom. The topological polar surface area (TPSA) is 35.5 Å². The predicted octanol–water partition coefficient (Wildman–Crippen LogP) is 2.58. The molecule has 0 heterocycles. The smallest absolute Gasteiger partial charge is 0.0914 e. The fraction of sp³-hybridized carbons (Fsp3) is 0.294. The van der Waals surface area contributed by atoms with E-state index in [0.717, 1.165) is 17.8 Å². The van der Waals surface area contributed by atoms with Gasteiger partial charge in [0.2, 0.25) is 0 Å². The van der Waals surface area contributed by atoms with E-state index in [2.05, 4.69) is 53.7 Å². The molecule has 0 aliphatic carbocycles. The number of anilines is 1. The molecule has 20 heavy (non-hydrogen) atoms. The highest BCUT2D eigenvalue weighted by molar-refractivity contribution is 5.47. The molecule has 0 aliphatic heterocycles. The minimum Gasteiger partial charge on any atom is -0.387 e. The van der Waals surface area contributed by atoms with Gasteiger partial charge in [0.25, 0.3) is 0 Å². The van der Waals surface area contributed by atoms with E-state index in [1.807, 2.05) is 25.2 Å². The standard InChI is InChI=1S/C17H22N2O/c1-18-12-17(20)15-8-10-16(11-9-15)19(2)13-14-6-4-3-5-7-14/h3-11,17-18,20H,12-13H2,1-2H3. The second kappa shape index (κ2) is 7.08. The van der Waals surface area contributed by atoms with Gasteiger partial charge in [-0.2, -0.15) is 0 Å². The van der Waals surface area contributed by atoms with Crippen molar-refractivity contribution in [1.29, 1.82) is 0 Å². The molecule has 0 saturated carbocycles. The number of aliphatic hydroxyl groups excluding tert-OH is 1. The molecule has 2 rings (SSSR count). The van der Waals surface area contributed by atoms with Crippen LogP contribution in [0.3, 0.4) is 0 Å². The quantitative estimate of drug-likeness (QED) is 0.847. The van der Waals surface area contributed by atoms with Gasteiger partial charge in [-0.3, -0.25) is 0 Å². The van der Waals surface area contributed by atoms with Gasteiger partial charge < -0.3 is 15.3 Å². The van der Waals surface area contributed by atoms with Crippen LogP contribution in [0.5, 0.6) is 0 Å². The van der Waals surface area contributed by atoms with Crippen LogP contribution in [0.1, 0.15) is 17.2 Å². The molecule has 0 spiro atoms. The SMILES string of the molecule is CNCC(O)c1ccc(N(C)Cc2ccccc2)cc1. The van der Waals surface area contributed by atoms with Gasteiger partial charge in [-0.1, -0.05) is 42.5 Å². The highest BCUT2D eigenvalue weighted by atomic mass is 16.3. The van der Waals surface area contributed by atoms with Crippen molar-refractivity contribution in [3.05, 3.63) is 65.7 Å². The number of rotatable bonds is 6. The average molecular weight is 270 g/mol. The molecule has 3 heteroatoms. The lowest BCUT2D eigenvalue weighted by molar-refractivity contribution is 0.178. The number of likely N-dealkylation sites (N-methyl/N-ethyl adjacent to an activating group) is 1. The van der Waals surface area contributed by atoms with Crippen LogP contribution in [0.4, 0.5) is 5.69 Å². The van der Waals surface area contributed by atoms with Crippen LogP contribution < -0.4 is 10.2 Å². The molecule has 2 N–H and O–H groups in total. The Labute approximate surface area is 120 Å². The molecule has 1 unspecified atom stereocenters. The summed E-state index contributed by atoms with van der Waals surface area (Å²) in [5, 5.41) is 12.9. The van der Waals surface area contributed by atoms with Gasteiger partial charge in [-0.15, -0.1) is 0 Å². The second-order valence-corrected chi connectivity index (χ2v) is 5.01. The third-order valence-electron chi connectivity index (χ3n) is 3.38. The third kappa shape index (κ3) is 3.83. The normalized spacial score (nSPS) is 12.2. The maximum atomic E-state index is 9.91. The van der Waals surface area contributed by atoms with Crippen molar-refractivity contribution in [1.82, 2.24) is 5.32 Å². The maximum absolute atomic E-state index is 9.91. The lowest BCUT2D eigenvalue weighted by Gasteiger charge is -2.20. The largest absolute Gasteiger partial charge is 0.387 e. The second-order valence-electron chi connectivity index (χ2n) is 5.01. The fourth-order valence-corrected chi connectivity index (χ4v) is 2.21. The number of nitrogens with one attached hydrogen (secondary N) is 1. The molecule has 0 aliphatic rings. The lowest BCUT2D eigenvalue weighted by atomic mass is 10.1. The highest BCUT2D eigenvalue weighted by Crippen LogP contribution is 2.19. The van der Waals surface area contributed by atoms with Crippen LogP contribution >= 0.6 is 0 Å². The fourth-order valence-electron chi connectivity index (χ4n) is 2.21. The average Bonchev–Trinajstić information content (AvgIpc) is 2.48. The predicted molar refractivity (Wildman–Crippen MR) is 83.9 cm³/mol. The molecule has 0 fully saturated rings. The summed E-state index contributed by atoms with van der Waals surface area (Å²) >= 11 is 0. The molecule has 0 radical (unpaired) electrons. The van der Waals surface area contributed by atoms with Crippen LogP contribution in [-0.4, -0.2) is 25.7 Å². The summed E-state index contributed by atoms with van der Waals surface area (Å²) in [5.41, 5.74) is 3.37. The van der Waals surface area contributed by atoms with Crippen molar-refractivity contribution in [3.63, 3.8) is 0 Å². The van der Waals surface area contributed by atoms with E-state index >= 15 is 0 Å². The van der Waals surface area contributed by atoms with Gasteiger partial charge >= 0.3 is 0 Å². The van der Waals surface area contributed by atoms with E-state index in [0.29, 0.717) is 6.54 Å². The Morgan fingerprint density at radius 1 is 1.05 bits per heavy atom. The van der Waals surface area contributed by atoms with Crippen molar-refractivity contribution in [2.24, 2.45) is 0 Å². The van der Waals surface area contributed by atoms with Gasteiger partial charge in [0.1, 0.15) is 0 Å². The van der Waals surface area contributed by atoms with E-state index in [4.69, 9.17) is 0 Å². The first kappa shape index (κ1) is 14.6. The molecule has 3 nitrogen and oxygen atoms in total. The van der Waals surface area contributed by atoms with Crippen molar-refractivity contribution < 1.29 is 5.11 Å². The van der Waals surface area contributed by atoms with Crippen LogP contribution in [0.2, 0.25) is 0 Å². The molecule has 2 aromatic carbocycles. The third-order valence-corrected chi connectivity index (χ3v) is 3.38. The van der Waals surface area contributed by atoms with Gasteiger partial charge in [-0.05, 0) is 30.3 Å². The lowest BCUT2D eigenvalue weighted by Crippen LogP contribution is -2.18. The van der Waals surface area contributed by atoms with Crippen LogP contribution in [-0.2, 0) is 6.54 Å². The number of benzene rings is 2. The molecular weight excluding hydrogens is 248 g/mol. The molecule has 1 atom stereocenters. The molecule has 0 amide bonds. The number of aliphatic hydroxyl groups is 1. The summed E-state index contributed by atoms with van der Waals surface area (Å²) in [7, 11) is 3.91. The zero-order chi connectivity index (χ0) is 14.4. The molecule has 0 bridgehead atoms. The van der Waals surface area contributed by atoms with Crippen LogP contribution in [0, 0.1) is 0 Å². The molecule has 0 aromatic heterocycles. The minimum absolute atomic E-state index is 0.450. The Balaban J connectivity index is 2.02. The van der Waals surface area contributed by atoms with Crippen LogP contribution in [0.15, 0.2) is 54.6 Å². The monoisotopic (exact) mass is 270 g/mol. The summed E-state index contributed by atoms with van der Waals surface area (Å²) in [6.07, 6.45) is -0.450. The zero-order valence-electron chi connectivity index (χ0n) is 12.1. The summed E-state index contributed by atoms with van der Waals surface area (Å²) < 4.78 is 0. The number of nitrogens with zero attached hydrogens (tertiary/aromatic N) is 1. The van der Waals surface area contributed by atoms with Gasteiger partial charge in [0.15, 0.2) is 0 Å². The Kier molecular flexibility index (Phi) is 5.16. The van der Waals surface area contributed by atoms with Gasteiger partial charge in [-0.25, -0.2) is 0 Å².